The first-order valence-corrected chi connectivity index (χ1v) is 7.38. The number of likely N-dealkylation sites (tertiary alicyclic amines) is 1. The molecule has 0 spiro atoms. The maximum Gasteiger partial charge on any atom is 0.317 e. The molecular formula is C14H26N2O4. The van der Waals surface area contributed by atoms with Gasteiger partial charge >= 0.3 is 12.0 Å². The number of carboxylic acids is 1. The van der Waals surface area contributed by atoms with Gasteiger partial charge in [0.25, 0.3) is 0 Å². The quantitative estimate of drug-likeness (QED) is 0.658. The Hall–Kier alpha value is -1.30. The van der Waals surface area contributed by atoms with Crippen LogP contribution in [-0.2, 0) is 4.79 Å². The normalized spacial score (nSPS) is 20.5. The van der Waals surface area contributed by atoms with Gasteiger partial charge in [-0.25, -0.2) is 4.79 Å². The van der Waals surface area contributed by atoms with Crippen LogP contribution in [0, 0.1) is 11.8 Å². The summed E-state index contributed by atoms with van der Waals surface area (Å²) in [6.07, 6.45) is 3.53. The van der Waals surface area contributed by atoms with Gasteiger partial charge in [0.2, 0.25) is 0 Å². The first-order valence-electron chi connectivity index (χ1n) is 7.38. The molecule has 3 N–H and O–H groups in total. The molecule has 1 aliphatic rings. The fourth-order valence-electron chi connectivity index (χ4n) is 2.45. The largest absolute Gasteiger partial charge is 0.481 e. The molecule has 2 unspecified atom stereocenters. The lowest BCUT2D eigenvalue weighted by Gasteiger charge is -2.32. The van der Waals surface area contributed by atoms with Crippen molar-refractivity contribution in [3.63, 3.8) is 0 Å². The van der Waals surface area contributed by atoms with Gasteiger partial charge in [0.1, 0.15) is 0 Å². The topological polar surface area (TPSA) is 89.9 Å². The van der Waals surface area contributed by atoms with Crippen molar-refractivity contribution < 1.29 is 19.8 Å². The number of hydrogen-bond donors (Lipinski definition) is 3. The van der Waals surface area contributed by atoms with Crippen molar-refractivity contribution in [2.24, 2.45) is 11.8 Å². The van der Waals surface area contributed by atoms with Crippen LogP contribution in [0.3, 0.4) is 0 Å². The standard InChI is InChI=1S/C14H26N2O4/c1-11(4-5-13(18)19)6-7-15-14(20)16-8-2-3-12(9-16)10-17/h11-12,17H,2-10H2,1H3,(H,15,20)(H,18,19). The van der Waals surface area contributed by atoms with E-state index >= 15 is 0 Å². The van der Waals surface area contributed by atoms with Crippen molar-refractivity contribution in [2.75, 3.05) is 26.2 Å². The molecule has 6 heteroatoms. The number of aliphatic carboxylic acids is 1. The Bertz CT molecular complexity index is 322. The van der Waals surface area contributed by atoms with Gasteiger partial charge < -0.3 is 20.4 Å². The molecule has 1 rings (SSSR count). The van der Waals surface area contributed by atoms with E-state index in [1.807, 2.05) is 6.92 Å². The molecular weight excluding hydrogens is 260 g/mol. The van der Waals surface area contributed by atoms with Crippen LogP contribution in [0.2, 0.25) is 0 Å². The Kier molecular flexibility index (Phi) is 7.36. The highest BCUT2D eigenvalue weighted by molar-refractivity contribution is 5.74. The van der Waals surface area contributed by atoms with Crippen LogP contribution >= 0.6 is 0 Å². The van der Waals surface area contributed by atoms with Gasteiger partial charge in [0, 0.05) is 32.7 Å². The molecule has 0 radical (unpaired) electrons. The van der Waals surface area contributed by atoms with Gasteiger partial charge in [-0.1, -0.05) is 6.92 Å². The fraction of sp³-hybridized carbons (Fsp3) is 0.857. The van der Waals surface area contributed by atoms with Gasteiger partial charge in [-0.3, -0.25) is 4.79 Å². The number of urea groups is 1. The lowest BCUT2D eigenvalue weighted by atomic mass is 9.99. The van der Waals surface area contributed by atoms with E-state index in [0.29, 0.717) is 19.5 Å². The summed E-state index contributed by atoms with van der Waals surface area (Å²) < 4.78 is 0. The molecule has 0 bridgehead atoms. The lowest BCUT2D eigenvalue weighted by molar-refractivity contribution is -0.137. The predicted octanol–water partition coefficient (Wildman–Crippen LogP) is 1.29. The number of hydrogen-bond acceptors (Lipinski definition) is 3. The molecule has 0 aliphatic carbocycles. The molecule has 0 aromatic heterocycles. The summed E-state index contributed by atoms with van der Waals surface area (Å²) in [6, 6.07) is -0.0754. The van der Waals surface area contributed by atoms with Crippen molar-refractivity contribution in [3.05, 3.63) is 0 Å². The Morgan fingerprint density at radius 2 is 2.15 bits per heavy atom. The molecule has 6 nitrogen and oxygen atoms in total. The van der Waals surface area contributed by atoms with E-state index in [1.54, 1.807) is 4.90 Å². The third-order valence-electron chi connectivity index (χ3n) is 3.83. The fourth-order valence-corrected chi connectivity index (χ4v) is 2.45. The summed E-state index contributed by atoms with van der Waals surface area (Å²) in [5, 5.41) is 20.6. The predicted molar refractivity (Wildman–Crippen MR) is 75.4 cm³/mol. The number of piperidine rings is 1. The Balaban J connectivity index is 2.17. The van der Waals surface area contributed by atoms with Gasteiger partial charge in [-0.15, -0.1) is 0 Å². The van der Waals surface area contributed by atoms with Crippen molar-refractivity contribution >= 4 is 12.0 Å². The van der Waals surface area contributed by atoms with Crippen LogP contribution in [0.5, 0.6) is 0 Å². The van der Waals surface area contributed by atoms with Crippen LogP contribution in [0.4, 0.5) is 4.79 Å². The molecule has 0 aromatic carbocycles. The van der Waals surface area contributed by atoms with Crippen molar-refractivity contribution in [1.82, 2.24) is 10.2 Å². The maximum absolute atomic E-state index is 11.9. The minimum atomic E-state index is -0.774. The number of carbonyl (C=O) groups excluding carboxylic acids is 1. The molecule has 1 heterocycles. The highest BCUT2D eigenvalue weighted by Gasteiger charge is 2.22. The number of carbonyl (C=O) groups is 2. The third-order valence-corrected chi connectivity index (χ3v) is 3.83. The number of amides is 2. The minimum absolute atomic E-state index is 0.0754. The number of aliphatic hydroxyl groups is 1. The molecule has 0 saturated carbocycles. The van der Waals surface area contributed by atoms with Crippen molar-refractivity contribution in [1.29, 1.82) is 0 Å². The third kappa shape index (κ3) is 6.23. The zero-order valence-electron chi connectivity index (χ0n) is 12.2. The molecule has 1 fully saturated rings. The molecule has 1 saturated heterocycles. The van der Waals surface area contributed by atoms with E-state index in [2.05, 4.69) is 5.32 Å². The first kappa shape index (κ1) is 16.8. The number of nitrogens with zero attached hydrogens (tertiary/aromatic N) is 1. The number of carboxylic acid groups (broad SMARTS) is 1. The summed E-state index contributed by atoms with van der Waals surface area (Å²) in [6.45, 7) is 4.07. The van der Waals surface area contributed by atoms with Crippen LogP contribution < -0.4 is 5.32 Å². The second-order valence-electron chi connectivity index (χ2n) is 5.70. The SMILES string of the molecule is CC(CCNC(=O)N1CCCC(CO)C1)CCC(=O)O. The highest BCUT2D eigenvalue weighted by Crippen LogP contribution is 2.15. The summed E-state index contributed by atoms with van der Waals surface area (Å²) in [5.74, 6) is -0.286. The molecule has 20 heavy (non-hydrogen) atoms. The van der Waals surface area contributed by atoms with E-state index in [0.717, 1.165) is 25.8 Å². The van der Waals surface area contributed by atoms with Crippen LogP contribution in [0.15, 0.2) is 0 Å². The maximum atomic E-state index is 11.9. The lowest BCUT2D eigenvalue weighted by Crippen LogP contribution is -2.46. The number of rotatable bonds is 7. The molecule has 1 aliphatic heterocycles. The van der Waals surface area contributed by atoms with Gasteiger partial charge in [-0.2, -0.15) is 0 Å². The first-order chi connectivity index (χ1) is 9.52. The zero-order valence-corrected chi connectivity index (χ0v) is 12.2. The van der Waals surface area contributed by atoms with E-state index in [-0.39, 0.29) is 30.9 Å². The summed E-state index contributed by atoms with van der Waals surface area (Å²) in [7, 11) is 0. The summed E-state index contributed by atoms with van der Waals surface area (Å²) in [4.78, 5) is 24.2. The van der Waals surface area contributed by atoms with Crippen molar-refractivity contribution in [3.8, 4) is 0 Å². The van der Waals surface area contributed by atoms with Crippen LogP contribution in [-0.4, -0.2) is 53.4 Å². The average Bonchev–Trinajstić information content (AvgIpc) is 2.45. The Morgan fingerprint density at radius 1 is 1.40 bits per heavy atom. The molecule has 2 amide bonds. The molecule has 116 valence electrons. The van der Waals surface area contributed by atoms with Crippen LogP contribution in [0.25, 0.3) is 0 Å². The highest BCUT2D eigenvalue weighted by atomic mass is 16.4. The Labute approximate surface area is 120 Å². The summed E-state index contributed by atoms with van der Waals surface area (Å²) >= 11 is 0. The van der Waals surface area contributed by atoms with Gasteiger partial charge in [0.05, 0.1) is 0 Å². The minimum Gasteiger partial charge on any atom is -0.481 e. The monoisotopic (exact) mass is 286 g/mol. The number of nitrogens with one attached hydrogen (secondary N) is 1. The summed E-state index contributed by atoms with van der Waals surface area (Å²) in [5.41, 5.74) is 0. The van der Waals surface area contributed by atoms with E-state index in [4.69, 9.17) is 10.2 Å². The second-order valence-corrected chi connectivity index (χ2v) is 5.70. The number of aliphatic hydroxyl groups excluding tert-OH is 1. The van der Waals surface area contributed by atoms with E-state index in [1.165, 1.54) is 0 Å². The Morgan fingerprint density at radius 3 is 2.80 bits per heavy atom. The van der Waals surface area contributed by atoms with E-state index in [9.17, 15) is 9.59 Å². The molecule has 2 atom stereocenters. The second kappa shape index (κ2) is 8.79. The molecule has 0 aromatic rings. The van der Waals surface area contributed by atoms with Gasteiger partial charge in [-0.05, 0) is 37.5 Å². The van der Waals surface area contributed by atoms with E-state index < -0.39 is 5.97 Å². The zero-order chi connectivity index (χ0) is 15.0. The van der Waals surface area contributed by atoms with Crippen molar-refractivity contribution in [2.45, 2.75) is 39.0 Å². The van der Waals surface area contributed by atoms with Crippen LogP contribution in [0.1, 0.15) is 39.0 Å². The smallest absolute Gasteiger partial charge is 0.317 e. The van der Waals surface area contributed by atoms with Gasteiger partial charge in [0.15, 0.2) is 0 Å². The average molecular weight is 286 g/mol.